The van der Waals surface area contributed by atoms with Gasteiger partial charge in [-0.2, -0.15) is 4.31 Å². The number of halogens is 1. The molecule has 27 heavy (non-hydrogen) atoms. The number of nitrogens with one attached hydrogen (secondary N) is 1. The predicted molar refractivity (Wildman–Crippen MR) is 105 cm³/mol. The van der Waals surface area contributed by atoms with Crippen molar-refractivity contribution in [2.75, 3.05) is 25.5 Å². The van der Waals surface area contributed by atoms with Crippen molar-refractivity contribution in [3.63, 3.8) is 0 Å². The first kappa shape index (κ1) is 19.7. The van der Waals surface area contributed by atoms with E-state index < -0.39 is 15.9 Å². The molecule has 0 spiro atoms. The number of ether oxygens (including phenoxy) is 1. The average molecular weight is 409 g/mol. The van der Waals surface area contributed by atoms with Crippen molar-refractivity contribution in [1.82, 2.24) is 4.31 Å². The minimum atomic E-state index is -3.73. The van der Waals surface area contributed by atoms with E-state index in [1.807, 2.05) is 0 Å². The van der Waals surface area contributed by atoms with E-state index in [1.165, 1.54) is 23.5 Å². The molecule has 6 nitrogen and oxygen atoms in total. The second kappa shape index (κ2) is 8.29. The fourth-order valence-corrected chi connectivity index (χ4v) is 4.82. The number of rotatable bonds is 5. The molecule has 0 unspecified atom stereocenters. The minimum Gasteiger partial charge on any atom is -0.495 e. The molecule has 0 atom stereocenters. The van der Waals surface area contributed by atoms with Gasteiger partial charge in [-0.1, -0.05) is 18.0 Å². The zero-order valence-corrected chi connectivity index (χ0v) is 16.5. The molecule has 0 saturated carbocycles. The highest BCUT2D eigenvalue weighted by Gasteiger charge is 2.29. The lowest BCUT2D eigenvalue weighted by Gasteiger charge is -2.26. The summed E-state index contributed by atoms with van der Waals surface area (Å²) in [6.45, 7) is 0.958. The van der Waals surface area contributed by atoms with E-state index >= 15 is 0 Å². The number of piperidine rings is 1. The molecule has 2 aromatic rings. The van der Waals surface area contributed by atoms with Gasteiger partial charge in [-0.15, -0.1) is 0 Å². The van der Waals surface area contributed by atoms with Gasteiger partial charge < -0.3 is 10.1 Å². The third kappa shape index (κ3) is 4.43. The summed E-state index contributed by atoms with van der Waals surface area (Å²) >= 11 is 5.85. The zero-order valence-electron chi connectivity index (χ0n) is 14.9. The van der Waals surface area contributed by atoms with E-state index in [-0.39, 0.29) is 16.2 Å². The van der Waals surface area contributed by atoms with Gasteiger partial charge in [-0.05, 0) is 55.3 Å². The fourth-order valence-electron chi connectivity index (χ4n) is 3.00. The highest BCUT2D eigenvalue weighted by molar-refractivity contribution is 7.89. The van der Waals surface area contributed by atoms with Crippen molar-refractivity contribution >= 4 is 33.2 Å². The van der Waals surface area contributed by atoms with Gasteiger partial charge in [0.1, 0.15) is 10.6 Å². The van der Waals surface area contributed by atoms with Gasteiger partial charge >= 0.3 is 0 Å². The molecular formula is C19H21ClN2O4S. The SMILES string of the molecule is COc1ccc(C(=O)Nc2ccc(Cl)cc2)cc1S(=O)(=O)N1CCCCC1. The summed E-state index contributed by atoms with van der Waals surface area (Å²) in [4.78, 5) is 12.6. The summed E-state index contributed by atoms with van der Waals surface area (Å²) in [5.41, 5.74) is 0.807. The number of nitrogens with zero attached hydrogens (tertiary/aromatic N) is 1. The first-order chi connectivity index (χ1) is 12.9. The molecule has 1 heterocycles. The van der Waals surface area contributed by atoms with Crippen LogP contribution in [0.5, 0.6) is 5.75 Å². The van der Waals surface area contributed by atoms with Crippen LogP contribution in [0.1, 0.15) is 29.6 Å². The molecule has 0 aromatic heterocycles. The van der Waals surface area contributed by atoms with E-state index in [1.54, 1.807) is 30.3 Å². The Kier molecular flexibility index (Phi) is 6.04. The van der Waals surface area contributed by atoms with Crippen molar-refractivity contribution in [1.29, 1.82) is 0 Å². The molecule has 2 aromatic carbocycles. The van der Waals surface area contributed by atoms with E-state index in [9.17, 15) is 13.2 Å². The lowest BCUT2D eigenvalue weighted by atomic mass is 10.2. The fraction of sp³-hybridized carbons (Fsp3) is 0.316. The number of amides is 1. The molecule has 3 rings (SSSR count). The van der Waals surface area contributed by atoms with Crippen LogP contribution in [-0.2, 0) is 10.0 Å². The van der Waals surface area contributed by atoms with Crippen LogP contribution in [0.25, 0.3) is 0 Å². The quantitative estimate of drug-likeness (QED) is 0.816. The third-order valence-corrected chi connectivity index (χ3v) is 6.63. The molecule has 0 radical (unpaired) electrons. The number of carbonyl (C=O) groups is 1. The van der Waals surface area contributed by atoms with Crippen molar-refractivity contribution < 1.29 is 17.9 Å². The number of methoxy groups -OCH3 is 1. The maximum Gasteiger partial charge on any atom is 0.255 e. The van der Waals surface area contributed by atoms with E-state index in [0.717, 1.165) is 19.3 Å². The summed E-state index contributed by atoms with van der Waals surface area (Å²) in [6.07, 6.45) is 2.68. The number of sulfonamides is 1. The predicted octanol–water partition coefficient (Wildman–Crippen LogP) is 3.78. The Morgan fingerprint density at radius 3 is 2.37 bits per heavy atom. The van der Waals surface area contributed by atoms with E-state index in [4.69, 9.17) is 16.3 Å². The zero-order chi connectivity index (χ0) is 19.4. The Balaban J connectivity index is 1.90. The van der Waals surface area contributed by atoms with E-state index in [2.05, 4.69) is 5.32 Å². The second-order valence-electron chi connectivity index (χ2n) is 6.29. The van der Waals surface area contributed by atoms with Crippen LogP contribution < -0.4 is 10.1 Å². The molecule has 1 amide bonds. The summed E-state index contributed by atoms with van der Waals surface area (Å²) < 4.78 is 32.8. The largest absolute Gasteiger partial charge is 0.495 e. The third-order valence-electron chi connectivity index (χ3n) is 4.46. The monoisotopic (exact) mass is 408 g/mol. The normalized spacial score (nSPS) is 15.3. The van der Waals surface area contributed by atoms with Crippen LogP contribution in [-0.4, -0.2) is 38.8 Å². The molecule has 144 valence electrons. The van der Waals surface area contributed by atoms with Gasteiger partial charge in [-0.3, -0.25) is 4.79 Å². The number of benzene rings is 2. The van der Waals surface area contributed by atoms with Gasteiger partial charge in [0.25, 0.3) is 5.91 Å². The number of carbonyl (C=O) groups excluding carboxylic acids is 1. The minimum absolute atomic E-state index is 0.00987. The molecule has 1 saturated heterocycles. The number of hydrogen-bond donors (Lipinski definition) is 1. The molecule has 1 aliphatic heterocycles. The number of anilines is 1. The molecule has 8 heteroatoms. The average Bonchev–Trinajstić information content (AvgIpc) is 2.69. The van der Waals surface area contributed by atoms with E-state index in [0.29, 0.717) is 23.8 Å². The molecule has 1 fully saturated rings. The Morgan fingerprint density at radius 2 is 1.74 bits per heavy atom. The van der Waals surface area contributed by atoms with Crippen LogP contribution in [0.4, 0.5) is 5.69 Å². The highest BCUT2D eigenvalue weighted by atomic mass is 35.5. The van der Waals surface area contributed by atoms with Gasteiger partial charge in [0.05, 0.1) is 7.11 Å². The molecule has 1 N–H and O–H groups in total. The van der Waals surface area contributed by atoms with Crippen LogP contribution >= 0.6 is 11.6 Å². The van der Waals surface area contributed by atoms with Gasteiger partial charge in [-0.25, -0.2) is 8.42 Å². The first-order valence-corrected chi connectivity index (χ1v) is 10.5. The van der Waals surface area contributed by atoms with Crippen LogP contribution in [0.15, 0.2) is 47.4 Å². The Bertz CT molecular complexity index is 923. The van der Waals surface area contributed by atoms with Gasteiger partial charge in [0.15, 0.2) is 0 Å². The van der Waals surface area contributed by atoms with Crippen LogP contribution in [0, 0.1) is 0 Å². The Labute approximate surface area is 164 Å². The van der Waals surface area contributed by atoms with Crippen molar-refractivity contribution in [2.24, 2.45) is 0 Å². The summed E-state index contributed by atoms with van der Waals surface area (Å²) in [5, 5.41) is 3.30. The number of hydrogen-bond acceptors (Lipinski definition) is 4. The Hall–Kier alpha value is -2.09. The topological polar surface area (TPSA) is 75.7 Å². The molecule has 1 aliphatic rings. The molecular weight excluding hydrogens is 388 g/mol. The van der Waals surface area contributed by atoms with Crippen molar-refractivity contribution in [3.8, 4) is 5.75 Å². The maximum atomic E-state index is 13.0. The van der Waals surface area contributed by atoms with Gasteiger partial charge in [0, 0.05) is 29.4 Å². The smallest absolute Gasteiger partial charge is 0.255 e. The summed E-state index contributed by atoms with van der Waals surface area (Å²) in [5.74, 6) is -0.182. The maximum absolute atomic E-state index is 13.0. The second-order valence-corrected chi connectivity index (χ2v) is 8.63. The van der Waals surface area contributed by atoms with Gasteiger partial charge in [0.2, 0.25) is 10.0 Å². The first-order valence-electron chi connectivity index (χ1n) is 8.67. The van der Waals surface area contributed by atoms with Crippen molar-refractivity contribution in [2.45, 2.75) is 24.2 Å². The van der Waals surface area contributed by atoms with Crippen molar-refractivity contribution in [3.05, 3.63) is 53.1 Å². The van der Waals surface area contributed by atoms with Crippen LogP contribution in [0.3, 0.4) is 0 Å². The standard InChI is InChI=1S/C19H21ClN2O4S/c1-26-17-10-5-14(19(23)21-16-8-6-15(20)7-9-16)13-18(17)27(24,25)22-11-3-2-4-12-22/h5-10,13H,2-4,11-12H2,1H3,(H,21,23). The summed E-state index contributed by atoms with van der Waals surface area (Å²) in [6, 6.07) is 11.1. The molecule has 0 aliphatic carbocycles. The summed E-state index contributed by atoms with van der Waals surface area (Å²) in [7, 11) is -2.31. The Morgan fingerprint density at radius 1 is 1.07 bits per heavy atom. The lowest BCUT2D eigenvalue weighted by Crippen LogP contribution is -2.35. The lowest BCUT2D eigenvalue weighted by molar-refractivity contribution is 0.102. The molecule has 0 bridgehead atoms. The highest BCUT2D eigenvalue weighted by Crippen LogP contribution is 2.30. The van der Waals surface area contributed by atoms with Crippen LogP contribution in [0.2, 0.25) is 5.02 Å².